The predicted molar refractivity (Wildman–Crippen MR) is 62.4 cm³/mol. The molecule has 0 aromatic heterocycles. The molecule has 1 unspecified atom stereocenters. The maximum Gasteiger partial charge on any atom is 0.0357 e. The summed E-state index contributed by atoms with van der Waals surface area (Å²) in [5.41, 5.74) is 6.52. The number of nitrogens with zero attached hydrogens (tertiary/aromatic N) is 1. The van der Waals surface area contributed by atoms with E-state index in [2.05, 4.69) is 25.7 Å². The van der Waals surface area contributed by atoms with Gasteiger partial charge in [0.1, 0.15) is 0 Å². The highest BCUT2D eigenvalue weighted by molar-refractivity contribution is 4.98. The van der Waals surface area contributed by atoms with Crippen molar-refractivity contribution in [3.63, 3.8) is 0 Å². The molecular weight excluding hydrogens is 172 g/mol. The Balaban J connectivity index is 2.78. The van der Waals surface area contributed by atoms with E-state index in [1.54, 1.807) is 0 Å². The molecule has 0 saturated heterocycles. The number of likely N-dealkylation sites (N-methyl/N-ethyl adjacent to an activating group) is 1. The zero-order valence-electron chi connectivity index (χ0n) is 10.1. The maximum absolute atomic E-state index is 6.21. The van der Waals surface area contributed by atoms with E-state index < -0.39 is 0 Å². The molecule has 1 aliphatic rings. The molecule has 0 aromatic rings. The maximum atomic E-state index is 6.21. The first kappa shape index (κ1) is 12.0. The first-order valence-corrected chi connectivity index (χ1v) is 6.18. The Kier molecular flexibility index (Phi) is 4.39. The van der Waals surface area contributed by atoms with Crippen LogP contribution in [0.4, 0.5) is 0 Å². The minimum absolute atomic E-state index is 0.307. The Bertz CT molecular complexity index is 156. The second-order valence-electron chi connectivity index (χ2n) is 4.63. The summed E-state index contributed by atoms with van der Waals surface area (Å²) >= 11 is 0. The molecule has 1 fully saturated rings. The van der Waals surface area contributed by atoms with Crippen LogP contribution < -0.4 is 5.73 Å². The van der Waals surface area contributed by atoms with E-state index in [9.17, 15) is 0 Å². The third-order valence-corrected chi connectivity index (χ3v) is 3.96. The lowest BCUT2D eigenvalue weighted by atomic mass is 9.75. The Morgan fingerprint density at radius 3 is 2.00 bits per heavy atom. The van der Waals surface area contributed by atoms with Crippen molar-refractivity contribution in [1.82, 2.24) is 4.90 Å². The van der Waals surface area contributed by atoms with Gasteiger partial charge in [0.05, 0.1) is 0 Å². The van der Waals surface area contributed by atoms with E-state index in [0.717, 1.165) is 13.1 Å². The molecule has 0 radical (unpaired) electrons. The number of hydrogen-bond donors (Lipinski definition) is 1. The van der Waals surface area contributed by atoms with Crippen LogP contribution in [0, 0.1) is 0 Å². The average molecular weight is 198 g/mol. The van der Waals surface area contributed by atoms with Gasteiger partial charge in [-0.1, -0.05) is 33.1 Å². The molecule has 2 N–H and O–H groups in total. The van der Waals surface area contributed by atoms with E-state index in [-0.39, 0.29) is 0 Å². The highest BCUT2D eigenvalue weighted by atomic mass is 15.2. The molecule has 1 atom stereocenters. The van der Waals surface area contributed by atoms with Crippen LogP contribution in [0.3, 0.4) is 0 Å². The molecule has 84 valence electrons. The van der Waals surface area contributed by atoms with Gasteiger partial charge < -0.3 is 5.73 Å². The van der Waals surface area contributed by atoms with Crippen molar-refractivity contribution in [2.24, 2.45) is 5.73 Å². The second kappa shape index (κ2) is 5.13. The first-order chi connectivity index (χ1) is 6.67. The van der Waals surface area contributed by atoms with Crippen LogP contribution >= 0.6 is 0 Å². The Labute approximate surface area is 88.8 Å². The van der Waals surface area contributed by atoms with Crippen molar-refractivity contribution >= 4 is 0 Å². The molecule has 0 bridgehead atoms. The minimum atomic E-state index is 0.307. The third kappa shape index (κ3) is 2.12. The summed E-state index contributed by atoms with van der Waals surface area (Å²) in [5.74, 6) is 0. The molecule has 1 saturated carbocycles. The van der Waals surface area contributed by atoms with Crippen molar-refractivity contribution < 1.29 is 0 Å². The molecule has 0 amide bonds. The molecule has 0 heterocycles. The number of hydrogen-bond acceptors (Lipinski definition) is 2. The van der Waals surface area contributed by atoms with Gasteiger partial charge in [0.2, 0.25) is 0 Å². The van der Waals surface area contributed by atoms with Crippen LogP contribution in [-0.4, -0.2) is 29.6 Å². The summed E-state index contributed by atoms with van der Waals surface area (Å²) in [6.07, 6.45) is 6.71. The molecule has 0 spiro atoms. The van der Waals surface area contributed by atoms with Gasteiger partial charge in [0.25, 0.3) is 0 Å². The molecule has 0 aromatic carbocycles. The van der Waals surface area contributed by atoms with Crippen LogP contribution in [-0.2, 0) is 0 Å². The highest BCUT2D eigenvalue weighted by Crippen LogP contribution is 2.35. The van der Waals surface area contributed by atoms with E-state index >= 15 is 0 Å². The van der Waals surface area contributed by atoms with E-state index in [1.165, 1.54) is 32.1 Å². The SMILES string of the molecule is CCN(CC)C1(C(C)N)CCCCC1. The molecule has 14 heavy (non-hydrogen) atoms. The zero-order chi connectivity index (χ0) is 10.6. The van der Waals surface area contributed by atoms with Crippen LogP contribution in [0.1, 0.15) is 52.9 Å². The summed E-state index contributed by atoms with van der Waals surface area (Å²) in [7, 11) is 0. The van der Waals surface area contributed by atoms with E-state index in [0.29, 0.717) is 11.6 Å². The third-order valence-electron chi connectivity index (χ3n) is 3.96. The monoisotopic (exact) mass is 198 g/mol. The van der Waals surface area contributed by atoms with E-state index in [4.69, 9.17) is 5.73 Å². The Hall–Kier alpha value is -0.0800. The van der Waals surface area contributed by atoms with Crippen molar-refractivity contribution in [2.75, 3.05) is 13.1 Å². The summed E-state index contributed by atoms with van der Waals surface area (Å²) in [6.45, 7) is 8.96. The van der Waals surface area contributed by atoms with Crippen molar-refractivity contribution in [3.05, 3.63) is 0 Å². The average Bonchev–Trinajstić information content (AvgIpc) is 2.21. The number of rotatable bonds is 4. The molecule has 1 aliphatic carbocycles. The van der Waals surface area contributed by atoms with Gasteiger partial charge in [-0.2, -0.15) is 0 Å². The smallest absolute Gasteiger partial charge is 0.0357 e. The van der Waals surface area contributed by atoms with Crippen molar-refractivity contribution in [3.8, 4) is 0 Å². The van der Waals surface area contributed by atoms with Crippen molar-refractivity contribution in [2.45, 2.75) is 64.5 Å². The van der Waals surface area contributed by atoms with E-state index in [1.807, 2.05) is 0 Å². The normalized spacial score (nSPS) is 23.8. The number of nitrogens with two attached hydrogens (primary N) is 1. The molecule has 2 heteroatoms. The summed E-state index contributed by atoms with van der Waals surface area (Å²) in [5, 5.41) is 0. The van der Waals surface area contributed by atoms with Gasteiger partial charge in [-0.25, -0.2) is 0 Å². The van der Waals surface area contributed by atoms with Crippen molar-refractivity contribution in [1.29, 1.82) is 0 Å². The van der Waals surface area contributed by atoms with Gasteiger partial charge >= 0.3 is 0 Å². The van der Waals surface area contributed by atoms with Gasteiger partial charge in [-0.3, -0.25) is 4.90 Å². The predicted octanol–water partition coefficient (Wildman–Crippen LogP) is 2.38. The van der Waals surface area contributed by atoms with Crippen LogP contribution in [0.25, 0.3) is 0 Å². The second-order valence-corrected chi connectivity index (χ2v) is 4.63. The lowest BCUT2D eigenvalue weighted by Gasteiger charge is -2.48. The lowest BCUT2D eigenvalue weighted by Crippen LogP contribution is -2.59. The quantitative estimate of drug-likeness (QED) is 0.751. The lowest BCUT2D eigenvalue weighted by molar-refractivity contribution is 0.0404. The fraction of sp³-hybridized carbons (Fsp3) is 1.00. The van der Waals surface area contributed by atoms with Gasteiger partial charge in [-0.05, 0) is 32.9 Å². The van der Waals surface area contributed by atoms with Gasteiger partial charge in [0, 0.05) is 11.6 Å². The van der Waals surface area contributed by atoms with Gasteiger partial charge in [-0.15, -0.1) is 0 Å². The standard InChI is InChI=1S/C12H26N2/c1-4-14(5-2)12(11(3)13)9-7-6-8-10-12/h11H,4-10,13H2,1-3H3. The molecule has 1 rings (SSSR count). The first-order valence-electron chi connectivity index (χ1n) is 6.18. The van der Waals surface area contributed by atoms with Crippen LogP contribution in [0.15, 0.2) is 0 Å². The molecular formula is C12H26N2. The van der Waals surface area contributed by atoms with Gasteiger partial charge in [0.15, 0.2) is 0 Å². The largest absolute Gasteiger partial charge is 0.326 e. The van der Waals surface area contributed by atoms with Crippen LogP contribution in [0.2, 0.25) is 0 Å². The zero-order valence-corrected chi connectivity index (χ0v) is 10.1. The summed E-state index contributed by atoms with van der Waals surface area (Å²) in [4.78, 5) is 2.58. The fourth-order valence-corrected chi connectivity index (χ4v) is 3.08. The summed E-state index contributed by atoms with van der Waals surface area (Å²) < 4.78 is 0. The Morgan fingerprint density at radius 2 is 1.64 bits per heavy atom. The Morgan fingerprint density at radius 1 is 1.14 bits per heavy atom. The summed E-state index contributed by atoms with van der Waals surface area (Å²) in [6, 6.07) is 0.308. The van der Waals surface area contributed by atoms with Crippen LogP contribution in [0.5, 0.6) is 0 Å². The molecule has 2 nitrogen and oxygen atoms in total. The minimum Gasteiger partial charge on any atom is -0.326 e. The highest BCUT2D eigenvalue weighted by Gasteiger charge is 2.39. The topological polar surface area (TPSA) is 29.3 Å². The molecule has 0 aliphatic heterocycles. The fourth-order valence-electron chi connectivity index (χ4n) is 3.08.